The molecule has 158 valence electrons. The van der Waals surface area contributed by atoms with Crippen LogP contribution in [0.1, 0.15) is 21.7 Å². The highest BCUT2D eigenvalue weighted by atomic mass is 16.3. The van der Waals surface area contributed by atoms with Crippen LogP contribution < -0.4 is 15.5 Å². The Labute approximate surface area is 185 Å². The molecular formula is C26H21N3O3. The molecule has 0 saturated heterocycles. The first kappa shape index (κ1) is 19.6. The van der Waals surface area contributed by atoms with Crippen molar-refractivity contribution in [2.75, 3.05) is 15.5 Å². The SMILES string of the molecule is O=C(Nc1ccc(Nc2ccccc2)cc1)c1occc1CN1C(=O)Cc2ccccc21. The van der Waals surface area contributed by atoms with Crippen LogP contribution in [0.3, 0.4) is 0 Å². The van der Waals surface area contributed by atoms with Gasteiger partial charge in [0.2, 0.25) is 5.91 Å². The molecule has 0 fully saturated rings. The van der Waals surface area contributed by atoms with Gasteiger partial charge in [0.25, 0.3) is 5.91 Å². The summed E-state index contributed by atoms with van der Waals surface area (Å²) >= 11 is 0. The first-order valence-electron chi connectivity index (χ1n) is 10.4. The fourth-order valence-electron chi connectivity index (χ4n) is 3.83. The van der Waals surface area contributed by atoms with Gasteiger partial charge in [-0.15, -0.1) is 0 Å². The van der Waals surface area contributed by atoms with Gasteiger partial charge < -0.3 is 20.0 Å². The van der Waals surface area contributed by atoms with E-state index in [1.54, 1.807) is 11.0 Å². The second-order valence-electron chi connectivity index (χ2n) is 7.58. The number of nitrogens with zero attached hydrogens (tertiary/aromatic N) is 1. The van der Waals surface area contributed by atoms with E-state index in [0.717, 1.165) is 22.6 Å². The molecule has 2 N–H and O–H groups in total. The Balaban J connectivity index is 1.27. The van der Waals surface area contributed by atoms with Crippen LogP contribution in [0, 0.1) is 0 Å². The lowest BCUT2D eigenvalue weighted by molar-refractivity contribution is -0.117. The molecule has 6 heteroatoms. The Morgan fingerprint density at radius 2 is 1.53 bits per heavy atom. The highest BCUT2D eigenvalue weighted by molar-refractivity contribution is 6.04. The molecule has 6 nitrogen and oxygen atoms in total. The maximum absolute atomic E-state index is 12.8. The summed E-state index contributed by atoms with van der Waals surface area (Å²) in [7, 11) is 0. The van der Waals surface area contributed by atoms with Gasteiger partial charge in [0, 0.05) is 28.3 Å². The molecule has 1 aromatic heterocycles. The quantitative estimate of drug-likeness (QED) is 0.438. The molecule has 1 aliphatic rings. The number of hydrogen-bond acceptors (Lipinski definition) is 4. The Bertz CT molecular complexity index is 1260. The summed E-state index contributed by atoms with van der Waals surface area (Å²) in [6.07, 6.45) is 1.85. The van der Waals surface area contributed by atoms with Crippen molar-refractivity contribution < 1.29 is 14.0 Å². The van der Waals surface area contributed by atoms with Crippen LogP contribution in [-0.2, 0) is 17.8 Å². The second-order valence-corrected chi connectivity index (χ2v) is 7.58. The molecule has 0 saturated carbocycles. The largest absolute Gasteiger partial charge is 0.459 e. The Morgan fingerprint density at radius 3 is 2.34 bits per heavy atom. The summed E-state index contributed by atoms with van der Waals surface area (Å²) in [4.78, 5) is 27.0. The van der Waals surface area contributed by atoms with E-state index in [9.17, 15) is 9.59 Å². The summed E-state index contributed by atoms with van der Waals surface area (Å²) in [5, 5.41) is 6.17. The van der Waals surface area contributed by atoms with Gasteiger partial charge in [-0.3, -0.25) is 9.59 Å². The monoisotopic (exact) mass is 423 g/mol. The van der Waals surface area contributed by atoms with Crippen molar-refractivity contribution in [2.24, 2.45) is 0 Å². The van der Waals surface area contributed by atoms with E-state index in [-0.39, 0.29) is 24.1 Å². The maximum atomic E-state index is 12.8. The smallest absolute Gasteiger partial charge is 0.291 e. The van der Waals surface area contributed by atoms with Gasteiger partial charge in [0.15, 0.2) is 5.76 Å². The van der Waals surface area contributed by atoms with Crippen LogP contribution in [0.5, 0.6) is 0 Å². The first-order chi connectivity index (χ1) is 15.7. The third kappa shape index (κ3) is 3.98. The number of carbonyl (C=O) groups is 2. The number of anilines is 4. The van der Waals surface area contributed by atoms with E-state index in [4.69, 9.17) is 4.42 Å². The number of amides is 2. The zero-order valence-electron chi connectivity index (χ0n) is 17.2. The van der Waals surface area contributed by atoms with Crippen molar-refractivity contribution in [3.8, 4) is 0 Å². The standard InChI is InChI=1S/C26H21N3O3/c30-24-16-18-6-4-5-9-23(18)29(24)17-19-14-15-32-25(19)26(31)28-22-12-10-21(11-13-22)27-20-7-2-1-3-8-20/h1-15,27H,16-17H2,(H,28,31). The molecule has 0 spiro atoms. The highest BCUT2D eigenvalue weighted by Crippen LogP contribution is 2.30. The molecular weight excluding hydrogens is 402 g/mol. The molecule has 0 aliphatic carbocycles. The molecule has 2 amide bonds. The molecule has 2 heterocycles. The van der Waals surface area contributed by atoms with E-state index in [1.165, 1.54) is 6.26 Å². The van der Waals surface area contributed by atoms with E-state index >= 15 is 0 Å². The molecule has 0 radical (unpaired) electrons. The zero-order valence-corrected chi connectivity index (χ0v) is 17.2. The summed E-state index contributed by atoms with van der Waals surface area (Å²) in [6, 6.07) is 26.7. The molecule has 1 aliphatic heterocycles. The third-order valence-electron chi connectivity index (χ3n) is 5.41. The minimum absolute atomic E-state index is 0.0141. The average molecular weight is 423 g/mol. The van der Waals surface area contributed by atoms with Crippen molar-refractivity contribution in [1.82, 2.24) is 0 Å². The topological polar surface area (TPSA) is 74.6 Å². The lowest BCUT2D eigenvalue weighted by Crippen LogP contribution is -2.27. The number of para-hydroxylation sites is 2. The Kier molecular flexibility index (Phi) is 5.17. The van der Waals surface area contributed by atoms with Crippen molar-refractivity contribution in [1.29, 1.82) is 0 Å². The molecule has 0 bridgehead atoms. The number of furan rings is 1. The second kappa shape index (κ2) is 8.43. The molecule has 4 aromatic rings. The third-order valence-corrected chi connectivity index (χ3v) is 5.41. The van der Waals surface area contributed by atoms with Crippen molar-refractivity contribution in [2.45, 2.75) is 13.0 Å². The maximum Gasteiger partial charge on any atom is 0.291 e. The summed E-state index contributed by atoms with van der Waals surface area (Å²) in [5.41, 5.74) is 5.10. The van der Waals surface area contributed by atoms with Gasteiger partial charge in [0.1, 0.15) is 0 Å². The van der Waals surface area contributed by atoms with E-state index < -0.39 is 0 Å². The fourth-order valence-corrected chi connectivity index (χ4v) is 3.83. The summed E-state index contributed by atoms with van der Waals surface area (Å²) in [5.74, 6) is -0.136. The van der Waals surface area contributed by atoms with Crippen molar-refractivity contribution in [3.63, 3.8) is 0 Å². The van der Waals surface area contributed by atoms with Gasteiger partial charge >= 0.3 is 0 Å². The van der Waals surface area contributed by atoms with Gasteiger partial charge in [-0.1, -0.05) is 36.4 Å². The lowest BCUT2D eigenvalue weighted by atomic mass is 10.1. The van der Waals surface area contributed by atoms with Gasteiger partial charge in [-0.25, -0.2) is 0 Å². The number of benzene rings is 3. The molecule has 3 aromatic carbocycles. The minimum atomic E-state index is -0.353. The van der Waals surface area contributed by atoms with Gasteiger partial charge in [-0.2, -0.15) is 0 Å². The predicted molar refractivity (Wildman–Crippen MR) is 124 cm³/mol. The predicted octanol–water partition coefficient (Wildman–Crippen LogP) is 5.36. The van der Waals surface area contributed by atoms with Gasteiger partial charge in [0.05, 0.1) is 19.2 Å². The van der Waals surface area contributed by atoms with Crippen LogP contribution in [-0.4, -0.2) is 11.8 Å². The molecule has 5 rings (SSSR count). The Morgan fingerprint density at radius 1 is 0.844 bits per heavy atom. The average Bonchev–Trinajstić information content (AvgIpc) is 3.40. The number of nitrogens with one attached hydrogen (secondary N) is 2. The molecule has 0 atom stereocenters. The summed E-state index contributed by atoms with van der Waals surface area (Å²) < 4.78 is 5.47. The van der Waals surface area contributed by atoms with Crippen LogP contribution in [0.4, 0.5) is 22.7 Å². The van der Waals surface area contributed by atoms with Crippen molar-refractivity contribution in [3.05, 3.63) is 108 Å². The van der Waals surface area contributed by atoms with E-state index in [2.05, 4.69) is 10.6 Å². The molecule has 0 unspecified atom stereocenters. The number of carbonyl (C=O) groups excluding carboxylic acids is 2. The van der Waals surface area contributed by atoms with Crippen LogP contribution in [0.25, 0.3) is 0 Å². The molecule has 32 heavy (non-hydrogen) atoms. The Hall–Kier alpha value is -4.32. The number of rotatable bonds is 6. The number of hydrogen-bond donors (Lipinski definition) is 2. The van der Waals surface area contributed by atoms with E-state index in [1.807, 2.05) is 78.9 Å². The fraction of sp³-hybridized carbons (Fsp3) is 0.0769. The lowest BCUT2D eigenvalue weighted by Gasteiger charge is -2.17. The first-order valence-corrected chi connectivity index (χ1v) is 10.4. The highest BCUT2D eigenvalue weighted by Gasteiger charge is 2.28. The number of fused-ring (bicyclic) bond motifs is 1. The van der Waals surface area contributed by atoms with Crippen molar-refractivity contribution >= 4 is 34.6 Å². The normalized spacial score (nSPS) is 12.5. The van der Waals surface area contributed by atoms with Crippen LogP contribution in [0.2, 0.25) is 0 Å². The van der Waals surface area contributed by atoms with Crippen LogP contribution >= 0.6 is 0 Å². The minimum Gasteiger partial charge on any atom is -0.459 e. The van der Waals surface area contributed by atoms with E-state index in [0.29, 0.717) is 17.7 Å². The van der Waals surface area contributed by atoms with Gasteiger partial charge in [-0.05, 0) is 54.1 Å². The zero-order chi connectivity index (χ0) is 21.9. The van der Waals surface area contributed by atoms with Crippen LogP contribution in [0.15, 0.2) is 95.6 Å². The summed E-state index contributed by atoms with van der Waals surface area (Å²) in [6.45, 7) is 0.287.